The minimum atomic E-state index is -0.552. The lowest BCUT2D eigenvalue weighted by atomic mass is 10.1. The van der Waals surface area contributed by atoms with Gasteiger partial charge in [0.25, 0.3) is 0 Å². The fourth-order valence-electron chi connectivity index (χ4n) is 3.14. The molecule has 3 rings (SSSR count). The van der Waals surface area contributed by atoms with Crippen LogP contribution in [0.1, 0.15) is 33.9 Å². The maximum Gasteiger partial charge on any atom is 0.311 e. The van der Waals surface area contributed by atoms with E-state index in [1.165, 1.54) is 0 Å². The van der Waals surface area contributed by atoms with E-state index in [2.05, 4.69) is 0 Å². The number of rotatable bonds is 6. The van der Waals surface area contributed by atoms with E-state index in [-0.39, 0.29) is 31.3 Å². The molecule has 0 spiro atoms. The lowest BCUT2D eigenvalue weighted by Gasteiger charge is -2.14. The van der Waals surface area contributed by atoms with Crippen LogP contribution in [-0.2, 0) is 27.9 Å². The molecule has 1 saturated heterocycles. The molecule has 2 aromatic heterocycles. The summed E-state index contributed by atoms with van der Waals surface area (Å²) in [7, 11) is 1.88. The number of nitrogens with zero attached hydrogens (tertiary/aromatic N) is 2. The molecule has 7 heteroatoms. The van der Waals surface area contributed by atoms with E-state index in [0.29, 0.717) is 17.9 Å². The average molecular weight is 358 g/mol. The summed E-state index contributed by atoms with van der Waals surface area (Å²) in [5.41, 5.74) is 2.36. The Kier molecular flexibility index (Phi) is 4.97. The molecule has 0 N–H and O–H groups in total. The summed E-state index contributed by atoms with van der Waals surface area (Å²) in [6.45, 7) is 4.05. The molecule has 3 heterocycles. The third kappa shape index (κ3) is 3.56. The number of ketones is 1. The fourth-order valence-corrected chi connectivity index (χ4v) is 3.14. The Morgan fingerprint density at radius 2 is 2.12 bits per heavy atom. The summed E-state index contributed by atoms with van der Waals surface area (Å²) < 4.78 is 12.3. The number of aryl methyl sites for hydroxylation is 1. The number of aromatic nitrogens is 1. The van der Waals surface area contributed by atoms with E-state index < -0.39 is 11.9 Å². The van der Waals surface area contributed by atoms with Gasteiger partial charge in [-0.1, -0.05) is 0 Å². The van der Waals surface area contributed by atoms with E-state index in [9.17, 15) is 14.4 Å². The molecule has 0 unspecified atom stereocenters. The summed E-state index contributed by atoms with van der Waals surface area (Å²) in [4.78, 5) is 38.2. The van der Waals surface area contributed by atoms with Crippen LogP contribution in [0.25, 0.3) is 0 Å². The second-order valence-electron chi connectivity index (χ2n) is 6.63. The standard InChI is InChI=1S/C19H22N2O5/c1-12-7-16(13(2)20(12)3)17(22)11-26-19(24)14-8-18(23)21(9-14)10-15-5-4-6-25-15/h4-7,14H,8-11H2,1-3H3/t14-/m0/s1. The second-order valence-corrected chi connectivity index (χ2v) is 6.63. The van der Waals surface area contributed by atoms with E-state index in [0.717, 1.165) is 11.4 Å². The average Bonchev–Trinajstić information content (AvgIpc) is 3.31. The molecule has 2 aromatic rings. The van der Waals surface area contributed by atoms with Crippen LogP contribution in [-0.4, -0.2) is 40.3 Å². The van der Waals surface area contributed by atoms with Gasteiger partial charge in [0.05, 0.1) is 18.7 Å². The van der Waals surface area contributed by atoms with Gasteiger partial charge in [-0.15, -0.1) is 0 Å². The molecule has 0 radical (unpaired) electrons. The molecule has 1 aliphatic rings. The van der Waals surface area contributed by atoms with E-state index >= 15 is 0 Å². The van der Waals surface area contributed by atoms with Gasteiger partial charge in [0, 0.05) is 37.0 Å². The van der Waals surface area contributed by atoms with Crippen molar-refractivity contribution < 1.29 is 23.5 Å². The van der Waals surface area contributed by atoms with Gasteiger partial charge in [0.15, 0.2) is 6.61 Å². The van der Waals surface area contributed by atoms with Crippen molar-refractivity contribution in [3.8, 4) is 0 Å². The van der Waals surface area contributed by atoms with Crippen molar-refractivity contribution >= 4 is 17.7 Å². The number of Topliss-reactive ketones (excluding diaryl/α,β-unsaturated/α-hetero) is 1. The van der Waals surface area contributed by atoms with Crippen molar-refractivity contribution in [2.45, 2.75) is 26.8 Å². The van der Waals surface area contributed by atoms with E-state index in [1.807, 2.05) is 25.5 Å². The number of esters is 1. The number of ether oxygens (including phenoxy) is 1. The minimum absolute atomic E-state index is 0.0944. The van der Waals surface area contributed by atoms with Crippen LogP contribution >= 0.6 is 0 Å². The van der Waals surface area contributed by atoms with Gasteiger partial charge in [-0.2, -0.15) is 0 Å². The van der Waals surface area contributed by atoms with E-state index in [1.54, 1.807) is 29.4 Å². The molecule has 0 saturated carbocycles. The Balaban J connectivity index is 1.54. The Labute approximate surface area is 151 Å². The molecule has 1 atom stereocenters. The minimum Gasteiger partial charge on any atom is -0.467 e. The zero-order chi connectivity index (χ0) is 18.8. The predicted molar refractivity (Wildman–Crippen MR) is 92.4 cm³/mol. The Morgan fingerprint density at radius 1 is 1.35 bits per heavy atom. The van der Waals surface area contributed by atoms with E-state index in [4.69, 9.17) is 9.15 Å². The summed E-state index contributed by atoms with van der Waals surface area (Å²) in [6, 6.07) is 5.32. The fraction of sp³-hybridized carbons (Fsp3) is 0.421. The maximum absolute atomic E-state index is 12.3. The largest absolute Gasteiger partial charge is 0.467 e. The van der Waals surface area contributed by atoms with Crippen molar-refractivity contribution in [1.82, 2.24) is 9.47 Å². The lowest BCUT2D eigenvalue weighted by Crippen LogP contribution is -2.27. The highest BCUT2D eigenvalue weighted by atomic mass is 16.5. The first kappa shape index (κ1) is 18.0. The molecule has 1 aliphatic heterocycles. The first-order valence-corrected chi connectivity index (χ1v) is 8.49. The zero-order valence-corrected chi connectivity index (χ0v) is 15.2. The second kappa shape index (κ2) is 7.19. The van der Waals surface area contributed by atoms with Gasteiger partial charge >= 0.3 is 5.97 Å². The normalized spacial score (nSPS) is 17.0. The third-order valence-corrected chi connectivity index (χ3v) is 4.90. The Bertz CT molecular complexity index is 834. The van der Waals surface area contributed by atoms with Crippen molar-refractivity contribution in [3.05, 3.63) is 47.2 Å². The highest BCUT2D eigenvalue weighted by Crippen LogP contribution is 2.22. The molecule has 7 nitrogen and oxygen atoms in total. The summed E-state index contributed by atoms with van der Waals surface area (Å²) in [6.07, 6.45) is 1.64. The summed E-state index contributed by atoms with van der Waals surface area (Å²) in [5.74, 6) is -0.763. The van der Waals surface area contributed by atoms with Crippen molar-refractivity contribution in [2.24, 2.45) is 13.0 Å². The predicted octanol–water partition coefficient (Wildman–Crippen LogP) is 2.01. The van der Waals surface area contributed by atoms with Gasteiger partial charge in [-0.05, 0) is 32.0 Å². The van der Waals surface area contributed by atoms with Gasteiger partial charge in [-0.3, -0.25) is 14.4 Å². The number of likely N-dealkylation sites (tertiary alicyclic amines) is 1. The van der Waals surface area contributed by atoms with Crippen LogP contribution in [0.4, 0.5) is 0 Å². The number of hydrogen-bond acceptors (Lipinski definition) is 5. The first-order chi connectivity index (χ1) is 12.4. The third-order valence-electron chi connectivity index (χ3n) is 4.90. The first-order valence-electron chi connectivity index (χ1n) is 8.49. The molecule has 138 valence electrons. The highest BCUT2D eigenvalue weighted by molar-refractivity contribution is 5.99. The van der Waals surface area contributed by atoms with Crippen LogP contribution < -0.4 is 0 Å². The molecule has 1 amide bonds. The SMILES string of the molecule is Cc1cc(C(=O)COC(=O)[C@H]2CC(=O)N(Cc3ccco3)C2)c(C)n1C. The number of carbonyl (C=O) groups excluding carboxylic acids is 3. The highest BCUT2D eigenvalue weighted by Gasteiger charge is 2.36. The van der Waals surface area contributed by atoms with Crippen molar-refractivity contribution in [2.75, 3.05) is 13.2 Å². The van der Waals surface area contributed by atoms with Crippen LogP contribution in [0.5, 0.6) is 0 Å². The summed E-state index contributed by atoms with van der Waals surface area (Å²) >= 11 is 0. The molecular weight excluding hydrogens is 336 g/mol. The molecule has 1 fully saturated rings. The zero-order valence-electron chi connectivity index (χ0n) is 15.2. The topological polar surface area (TPSA) is 81.8 Å². The van der Waals surface area contributed by atoms with Gasteiger partial charge in [0.1, 0.15) is 5.76 Å². The molecule has 0 aliphatic carbocycles. The van der Waals surface area contributed by atoms with Crippen LogP contribution in [0, 0.1) is 19.8 Å². The van der Waals surface area contributed by atoms with Crippen LogP contribution in [0.2, 0.25) is 0 Å². The number of carbonyl (C=O) groups is 3. The van der Waals surface area contributed by atoms with Gasteiger partial charge < -0.3 is 18.6 Å². The molecule has 0 bridgehead atoms. The van der Waals surface area contributed by atoms with Crippen LogP contribution in [0.15, 0.2) is 28.9 Å². The lowest BCUT2D eigenvalue weighted by molar-refractivity contribution is -0.147. The van der Waals surface area contributed by atoms with Crippen molar-refractivity contribution in [1.29, 1.82) is 0 Å². The molecule has 26 heavy (non-hydrogen) atoms. The molecular formula is C19H22N2O5. The van der Waals surface area contributed by atoms with Gasteiger partial charge in [-0.25, -0.2) is 0 Å². The Morgan fingerprint density at radius 3 is 2.73 bits per heavy atom. The smallest absolute Gasteiger partial charge is 0.311 e. The monoisotopic (exact) mass is 358 g/mol. The van der Waals surface area contributed by atoms with Gasteiger partial charge in [0.2, 0.25) is 11.7 Å². The maximum atomic E-state index is 12.3. The Hall–Kier alpha value is -2.83. The molecule has 0 aromatic carbocycles. The van der Waals surface area contributed by atoms with Crippen LogP contribution in [0.3, 0.4) is 0 Å². The number of amides is 1. The number of furan rings is 1. The van der Waals surface area contributed by atoms with Crippen molar-refractivity contribution in [3.63, 3.8) is 0 Å². The number of hydrogen-bond donors (Lipinski definition) is 0. The quantitative estimate of drug-likeness (QED) is 0.583. The summed E-state index contributed by atoms with van der Waals surface area (Å²) in [5, 5.41) is 0.